The molecule has 3 aromatic rings. The second kappa shape index (κ2) is 10.3. The predicted molar refractivity (Wildman–Crippen MR) is 128 cm³/mol. The number of unbranched alkanes of at least 4 members (excludes halogenated alkanes) is 1. The highest BCUT2D eigenvalue weighted by Gasteiger charge is 2.20. The first-order chi connectivity index (χ1) is 15.6. The smallest absolute Gasteiger partial charge is 0.248 e. The Morgan fingerprint density at radius 1 is 1.31 bits per heavy atom. The number of allylic oxidation sites excluding steroid dienone is 1. The standard InChI is InChI=1S/C23H26N6O2S/c1-3-4-5-9-21(30)24-16-7-6-8-17(14-16)31-22-18-15-32-13-11-19(18)25-23(27-22)26-20-10-12-29(2)28-20/h5-10,12,14H,3-4,11,13,15H2,1-2H3,(H,24,30)(H,25,26,27,28)/b9-5+. The number of nitrogens with one attached hydrogen (secondary N) is 2. The van der Waals surface area contributed by atoms with Crippen LogP contribution in [-0.2, 0) is 24.0 Å². The Morgan fingerprint density at radius 3 is 3.03 bits per heavy atom. The van der Waals surface area contributed by atoms with Gasteiger partial charge in [0, 0.05) is 42.4 Å². The van der Waals surface area contributed by atoms with Gasteiger partial charge in [0.1, 0.15) is 5.75 Å². The molecule has 2 N–H and O–H groups in total. The molecule has 0 spiro atoms. The fraction of sp³-hybridized carbons (Fsp3) is 0.304. The number of rotatable bonds is 8. The summed E-state index contributed by atoms with van der Waals surface area (Å²) in [7, 11) is 1.86. The number of ether oxygens (including phenoxy) is 1. The summed E-state index contributed by atoms with van der Waals surface area (Å²) in [6.07, 6.45) is 8.03. The van der Waals surface area contributed by atoms with Crippen molar-refractivity contribution in [1.82, 2.24) is 19.7 Å². The van der Waals surface area contributed by atoms with Gasteiger partial charge < -0.3 is 15.4 Å². The number of hydrogen-bond donors (Lipinski definition) is 2. The van der Waals surface area contributed by atoms with Gasteiger partial charge in [-0.1, -0.05) is 25.5 Å². The van der Waals surface area contributed by atoms with E-state index in [1.807, 2.05) is 55.3 Å². The maximum absolute atomic E-state index is 12.1. The molecule has 1 aliphatic heterocycles. The molecule has 8 nitrogen and oxygen atoms in total. The van der Waals surface area contributed by atoms with Crippen molar-refractivity contribution in [2.45, 2.75) is 31.9 Å². The third-order valence-electron chi connectivity index (χ3n) is 4.78. The van der Waals surface area contributed by atoms with E-state index in [1.54, 1.807) is 16.8 Å². The van der Waals surface area contributed by atoms with Gasteiger partial charge in [0.2, 0.25) is 17.7 Å². The molecule has 0 atom stereocenters. The van der Waals surface area contributed by atoms with Crippen LogP contribution < -0.4 is 15.4 Å². The van der Waals surface area contributed by atoms with Crippen LogP contribution in [0.3, 0.4) is 0 Å². The lowest BCUT2D eigenvalue weighted by Crippen LogP contribution is -2.11. The van der Waals surface area contributed by atoms with Crippen molar-refractivity contribution in [3.05, 3.63) is 59.9 Å². The topological polar surface area (TPSA) is 94.0 Å². The number of nitrogens with zero attached hydrogens (tertiary/aromatic N) is 4. The Hall–Kier alpha value is -3.33. The van der Waals surface area contributed by atoms with E-state index in [1.165, 1.54) is 0 Å². The van der Waals surface area contributed by atoms with Crippen molar-refractivity contribution in [2.24, 2.45) is 7.05 Å². The first kappa shape index (κ1) is 21.9. The molecule has 0 saturated carbocycles. The number of aromatic nitrogens is 4. The Bertz CT molecular complexity index is 1130. The summed E-state index contributed by atoms with van der Waals surface area (Å²) in [5, 5.41) is 10.4. The maximum Gasteiger partial charge on any atom is 0.248 e. The number of aryl methyl sites for hydroxylation is 2. The van der Waals surface area contributed by atoms with Crippen molar-refractivity contribution < 1.29 is 9.53 Å². The van der Waals surface area contributed by atoms with Crippen LogP contribution in [-0.4, -0.2) is 31.4 Å². The minimum Gasteiger partial charge on any atom is -0.438 e. The number of amides is 1. The van der Waals surface area contributed by atoms with Gasteiger partial charge in [-0.3, -0.25) is 9.48 Å². The van der Waals surface area contributed by atoms with E-state index in [0.29, 0.717) is 29.1 Å². The average molecular weight is 451 g/mol. The van der Waals surface area contributed by atoms with Crippen LogP contribution >= 0.6 is 11.8 Å². The summed E-state index contributed by atoms with van der Waals surface area (Å²) in [5.41, 5.74) is 2.65. The maximum atomic E-state index is 12.1. The summed E-state index contributed by atoms with van der Waals surface area (Å²) in [6.45, 7) is 2.07. The molecule has 1 aromatic carbocycles. The summed E-state index contributed by atoms with van der Waals surface area (Å²) in [4.78, 5) is 21.4. The molecular weight excluding hydrogens is 424 g/mol. The average Bonchev–Trinajstić information content (AvgIpc) is 3.18. The van der Waals surface area contributed by atoms with Crippen LogP contribution in [0.15, 0.2) is 48.7 Å². The molecule has 3 heterocycles. The van der Waals surface area contributed by atoms with Crippen LogP contribution in [0.1, 0.15) is 31.0 Å². The molecule has 1 amide bonds. The van der Waals surface area contributed by atoms with Crippen LogP contribution in [0.4, 0.5) is 17.5 Å². The molecule has 4 rings (SSSR count). The molecule has 0 unspecified atom stereocenters. The first-order valence-electron chi connectivity index (χ1n) is 10.6. The fourth-order valence-corrected chi connectivity index (χ4v) is 4.21. The van der Waals surface area contributed by atoms with Crippen LogP contribution in [0.25, 0.3) is 0 Å². The first-order valence-corrected chi connectivity index (χ1v) is 11.8. The van der Waals surface area contributed by atoms with Gasteiger partial charge in [0.25, 0.3) is 0 Å². The van der Waals surface area contributed by atoms with E-state index in [-0.39, 0.29) is 5.91 Å². The highest BCUT2D eigenvalue weighted by Crippen LogP contribution is 2.34. The Morgan fingerprint density at radius 2 is 2.22 bits per heavy atom. The number of hydrogen-bond acceptors (Lipinski definition) is 7. The second-order valence-electron chi connectivity index (χ2n) is 7.39. The highest BCUT2D eigenvalue weighted by molar-refractivity contribution is 7.98. The molecule has 9 heteroatoms. The summed E-state index contributed by atoms with van der Waals surface area (Å²) >= 11 is 1.84. The third-order valence-corrected chi connectivity index (χ3v) is 5.76. The van der Waals surface area contributed by atoms with Crippen LogP contribution in [0.2, 0.25) is 0 Å². The molecule has 2 aromatic heterocycles. The van der Waals surface area contributed by atoms with Gasteiger partial charge in [-0.05, 0) is 36.8 Å². The highest BCUT2D eigenvalue weighted by atomic mass is 32.2. The molecule has 166 valence electrons. The minimum absolute atomic E-state index is 0.159. The number of fused-ring (bicyclic) bond motifs is 1. The van der Waals surface area contributed by atoms with Gasteiger partial charge in [0.05, 0.1) is 5.69 Å². The minimum atomic E-state index is -0.159. The summed E-state index contributed by atoms with van der Waals surface area (Å²) in [6, 6.07) is 9.18. The SMILES string of the molecule is CCC/C=C/C(=O)Nc1cccc(Oc2nc(Nc3ccn(C)n3)nc3c2CSCC3)c1. The lowest BCUT2D eigenvalue weighted by atomic mass is 10.2. The zero-order valence-corrected chi connectivity index (χ0v) is 19.0. The Balaban J connectivity index is 1.55. The van der Waals surface area contributed by atoms with E-state index in [4.69, 9.17) is 4.74 Å². The van der Waals surface area contributed by atoms with E-state index in [0.717, 1.165) is 42.0 Å². The van der Waals surface area contributed by atoms with Crippen molar-refractivity contribution in [3.63, 3.8) is 0 Å². The number of benzene rings is 1. The number of anilines is 3. The molecule has 0 radical (unpaired) electrons. The van der Waals surface area contributed by atoms with Crippen molar-refractivity contribution in [2.75, 3.05) is 16.4 Å². The van der Waals surface area contributed by atoms with Crippen molar-refractivity contribution in [3.8, 4) is 11.6 Å². The van der Waals surface area contributed by atoms with E-state index < -0.39 is 0 Å². The van der Waals surface area contributed by atoms with Crippen molar-refractivity contribution >= 4 is 35.1 Å². The van der Waals surface area contributed by atoms with Crippen LogP contribution in [0.5, 0.6) is 11.6 Å². The van der Waals surface area contributed by atoms with Gasteiger partial charge in [-0.25, -0.2) is 4.98 Å². The molecular formula is C23H26N6O2S. The van der Waals surface area contributed by atoms with E-state index in [2.05, 4.69) is 32.6 Å². The van der Waals surface area contributed by atoms with E-state index >= 15 is 0 Å². The summed E-state index contributed by atoms with van der Waals surface area (Å²) in [5.74, 6) is 3.90. The quantitative estimate of drug-likeness (QED) is 0.475. The zero-order valence-electron chi connectivity index (χ0n) is 18.2. The lowest BCUT2D eigenvalue weighted by Gasteiger charge is -2.19. The van der Waals surface area contributed by atoms with Crippen molar-refractivity contribution in [1.29, 1.82) is 0 Å². The number of carbonyl (C=O) groups excluding carboxylic acids is 1. The molecule has 0 bridgehead atoms. The zero-order chi connectivity index (χ0) is 22.3. The Kier molecular flexibility index (Phi) is 7.06. The molecule has 0 fully saturated rings. The normalized spacial score (nSPS) is 13.1. The van der Waals surface area contributed by atoms with Gasteiger partial charge in [0.15, 0.2) is 5.82 Å². The van der Waals surface area contributed by atoms with E-state index in [9.17, 15) is 4.79 Å². The second-order valence-corrected chi connectivity index (χ2v) is 8.50. The van der Waals surface area contributed by atoms with Gasteiger partial charge >= 0.3 is 0 Å². The number of thioether (sulfide) groups is 1. The van der Waals surface area contributed by atoms with Gasteiger partial charge in [-0.15, -0.1) is 0 Å². The summed E-state index contributed by atoms with van der Waals surface area (Å²) < 4.78 is 7.90. The third kappa shape index (κ3) is 5.67. The lowest BCUT2D eigenvalue weighted by molar-refractivity contribution is -0.111. The molecule has 0 aliphatic carbocycles. The molecule has 0 saturated heterocycles. The number of carbonyl (C=O) groups is 1. The fourth-order valence-electron chi connectivity index (χ4n) is 3.23. The largest absolute Gasteiger partial charge is 0.438 e. The van der Waals surface area contributed by atoms with Gasteiger partial charge in [-0.2, -0.15) is 21.8 Å². The molecule has 1 aliphatic rings. The monoisotopic (exact) mass is 450 g/mol. The van der Waals surface area contributed by atoms with Crippen LogP contribution in [0, 0.1) is 0 Å². The predicted octanol–water partition coefficient (Wildman–Crippen LogP) is 4.83. The molecule has 32 heavy (non-hydrogen) atoms. The Labute approximate surface area is 191 Å².